The molecule has 8 heteroatoms. The van der Waals surface area contributed by atoms with Crippen LogP contribution >= 0.6 is 0 Å². The number of pyridine rings is 1. The molecule has 194 valence electrons. The van der Waals surface area contributed by atoms with Crippen molar-refractivity contribution in [3.05, 3.63) is 77.5 Å². The second-order valence-electron chi connectivity index (χ2n) is 9.74. The maximum Gasteiger partial charge on any atom is 0.337 e. The quantitative estimate of drug-likeness (QED) is 0.444. The molecule has 0 aliphatic carbocycles. The summed E-state index contributed by atoms with van der Waals surface area (Å²) in [4.78, 5) is 44.4. The van der Waals surface area contributed by atoms with E-state index in [1.165, 1.54) is 7.11 Å². The van der Waals surface area contributed by atoms with Crippen LogP contribution in [0.4, 0.5) is 0 Å². The standard InChI is InChI=1S/C29H33N3O5/c1-19(2)15-26(31-27(33)25-12-11-21-8-4-5-10-24(21)30-25)28(34)32-14-13-23(17-32)37-18-20-7-6-9-22(16-20)29(35)36-3/h4-12,16,19,23,26H,13-15,17-18H2,1-3H3,(H,31,33)/t23?,26-/m0/s1. The molecule has 2 heterocycles. The van der Waals surface area contributed by atoms with E-state index in [1.54, 1.807) is 29.2 Å². The van der Waals surface area contributed by atoms with Crippen molar-refractivity contribution in [1.29, 1.82) is 0 Å². The molecular weight excluding hydrogens is 470 g/mol. The zero-order valence-corrected chi connectivity index (χ0v) is 21.5. The zero-order chi connectivity index (χ0) is 26.4. The highest BCUT2D eigenvalue weighted by atomic mass is 16.5. The van der Waals surface area contributed by atoms with Crippen molar-refractivity contribution in [2.45, 2.75) is 45.4 Å². The van der Waals surface area contributed by atoms with Crippen molar-refractivity contribution in [2.24, 2.45) is 5.92 Å². The lowest BCUT2D eigenvalue weighted by Crippen LogP contribution is -2.49. The highest BCUT2D eigenvalue weighted by molar-refractivity contribution is 5.97. The first-order chi connectivity index (χ1) is 17.8. The first-order valence-electron chi connectivity index (χ1n) is 12.6. The number of hydrogen-bond acceptors (Lipinski definition) is 6. The number of amides is 2. The highest BCUT2D eigenvalue weighted by Crippen LogP contribution is 2.19. The van der Waals surface area contributed by atoms with E-state index in [4.69, 9.17) is 9.47 Å². The number of carbonyl (C=O) groups excluding carboxylic acids is 3. The van der Waals surface area contributed by atoms with Crippen LogP contribution in [0.1, 0.15) is 53.1 Å². The van der Waals surface area contributed by atoms with Crippen LogP contribution in [0.3, 0.4) is 0 Å². The van der Waals surface area contributed by atoms with Crippen LogP contribution in [0.5, 0.6) is 0 Å². The van der Waals surface area contributed by atoms with E-state index < -0.39 is 12.0 Å². The number of para-hydroxylation sites is 1. The number of fused-ring (bicyclic) bond motifs is 1. The average Bonchev–Trinajstić information content (AvgIpc) is 3.39. The fourth-order valence-electron chi connectivity index (χ4n) is 4.52. The lowest BCUT2D eigenvalue weighted by Gasteiger charge is -2.25. The van der Waals surface area contributed by atoms with Crippen LogP contribution in [0.15, 0.2) is 60.7 Å². The minimum atomic E-state index is -0.642. The van der Waals surface area contributed by atoms with Gasteiger partial charge in [0.1, 0.15) is 11.7 Å². The van der Waals surface area contributed by atoms with E-state index in [1.807, 2.05) is 50.2 Å². The normalized spacial score (nSPS) is 16.1. The van der Waals surface area contributed by atoms with Gasteiger partial charge in [0.15, 0.2) is 0 Å². The van der Waals surface area contributed by atoms with Crippen LogP contribution in [-0.2, 0) is 20.9 Å². The summed E-state index contributed by atoms with van der Waals surface area (Å²) in [6.07, 6.45) is 1.11. The third kappa shape index (κ3) is 6.71. The molecule has 1 saturated heterocycles. The predicted molar refractivity (Wildman–Crippen MR) is 140 cm³/mol. The summed E-state index contributed by atoms with van der Waals surface area (Å²) in [5.41, 5.74) is 2.36. The number of methoxy groups -OCH3 is 1. The summed E-state index contributed by atoms with van der Waals surface area (Å²) < 4.78 is 10.8. The van der Waals surface area contributed by atoms with Crippen molar-refractivity contribution >= 4 is 28.7 Å². The van der Waals surface area contributed by atoms with E-state index in [2.05, 4.69) is 10.3 Å². The van der Waals surface area contributed by atoms with Gasteiger partial charge in [-0.05, 0) is 48.6 Å². The molecule has 8 nitrogen and oxygen atoms in total. The Balaban J connectivity index is 1.36. The number of nitrogens with zero attached hydrogens (tertiary/aromatic N) is 2. The molecule has 4 rings (SSSR count). The van der Waals surface area contributed by atoms with Crippen molar-refractivity contribution < 1.29 is 23.9 Å². The van der Waals surface area contributed by atoms with E-state index in [9.17, 15) is 14.4 Å². The summed E-state index contributed by atoms with van der Waals surface area (Å²) in [6.45, 7) is 5.40. The van der Waals surface area contributed by atoms with Crippen LogP contribution in [0, 0.1) is 5.92 Å². The molecule has 0 spiro atoms. The molecule has 1 unspecified atom stereocenters. The minimum Gasteiger partial charge on any atom is -0.465 e. The Morgan fingerprint density at radius 3 is 2.68 bits per heavy atom. The summed E-state index contributed by atoms with van der Waals surface area (Å²) in [7, 11) is 1.35. The number of benzene rings is 2. The first kappa shape index (κ1) is 26.3. The fourth-order valence-corrected chi connectivity index (χ4v) is 4.52. The Kier molecular flexibility index (Phi) is 8.50. The molecule has 1 fully saturated rings. The van der Waals surface area contributed by atoms with Gasteiger partial charge in [-0.15, -0.1) is 0 Å². The van der Waals surface area contributed by atoms with Gasteiger partial charge < -0.3 is 19.7 Å². The van der Waals surface area contributed by atoms with Crippen LogP contribution in [0.2, 0.25) is 0 Å². The molecule has 37 heavy (non-hydrogen) atoms. The number of esters is 1. The molecule has 0 radical (unpaired) electrons. The number of aromatic nitrogens is 1. The van der Waals surface area contributed by atoms with Crippen molar-refractivity contribution in [3.8, 4) is 0 Å². The van der Waals surface area contributed by atoms with E-state index in [0.717, 1.165) is 16.5 Å². The Morgan fingerprint density at radius 1 is 1.08 bits per heavy atom. The monoisotopic (exact) mass is 503 g/mol. The Labute approximate surface area is 217 Å². The van der Waals surface area contributed by atoms with Gasteiger partial charge in [0.05, 0.1) is 30.9 Å². The number of likely N-dealkylation sites (tertiary alicyclic amines) is 1. The van der Waals surface area contributed by atoms with Gasteiger partial charge in [0, 0.05) is 18.5 Å². The molecule has 1 aliphatic heterocycles. The second-order valence-corrected chi connectivity index (χ2v) is 9.74. The maximum absolute atomic E-state index is 13.4. The van der Waals surface area contributed by atoms with Gasteiger partial charge in [0.25, 0.3) is 5.91 Å². The van der Waals surface area contributed by atoms with Gasteiger partial charge >= 0.3 is 5.97 Å². The third-order valence-corrected chi connectivity index (χ3v) is 6.43. The van der Waals surface area contributed by atoms with Gasteiger partial charge in [-0.1, -0.05) is 50.2 Å². The van der Waals surface area contributed by atoms with Crippen molar-refractivity contribution in [2.75, 3.05) is 20.2 Å². The number of ether oxygens (including phenoxy) is 2. The summed E-state index contributed by atoms with van der Waals surface area (Å²) in [5.74, 6) is -0.643. The number of nitrogens with one attached hydrogen (secondary N) is 1. The van der Waals surface area contributed by atoms with Gasteiger partial charge in [0.2, 0.25) is 5.91 Å². The van der Waals surface area contributed by atoms with Crippen molar-refractivity contribution in [3.63, 3.8) is 0 Å². The van der Waals surface area contributed by atoms with Crippen molar-refractivity contribution in [1.82, 2.24) is 15.2 Å². The number of rotatable bonds is 9. The topological polar surface area (TPSA) is 97.8 Å². The lowest BCUT2D eigenvalue weighted by atomic mass is 10.0. The Bertz CT molecular complexity index is 1280. The molecular formula is C29H33N3O5. The molecule has 0 bridgehead atoms. The Morgan fingerprint density at radius 2 is 1.89 bits per heavy atom. The molecule has 2 amide bonds. The second kappa shape index (κ2) is 12.0. The van der Waals surface area contributed by atoms with Gasteiger partial charge in [-0.2, -0.15) is 0 Å². The minimum absolute atomic E-state index is 0.110. The van der Waals surface area contributed by atoms with E-state index >= 15 is 0 Å². The van der Waals surface area contributed by atoms with Gasteiger partial charge in [-0.3, -0.25) is 9.59 Å². The summed E-state index contributed by atoms with van der Waals surface area (Å²) in [6, 6.07) is 17.6. The molecule has 1 aliphatic rings. The first-order valence-corrected chi connectivity index (χ1v) is 12.6. The average molecular weight is 504 g/mol. The number of carbonyl (C=O) groups is 3. The van der Waals surface area contributed by atoms with Crippen LogP contribution in [-0.4, -0.2) is 60.0 Å². The predicted octanol–water partition coefficient (Wildman–Crippen LogP) is 3.98. The van der Waals surface area contributed by atoms with Crippen LogP contribution in [0.25, 0.3) is 10.9 Å². The molecule has 2 atom stereocenters. The van der Waals surface area contributed by atoms with E-state index in [-0.39, 0.29) is 29.5 Å². The summed E-state index contributed by atoms with van der Waals surface area (Å²) in [5, 5.41) is 3.88. The van der Waals surface area contributed by atoms with Gasteiger partial charge in [-0.25, -0.2) is 9.78 Å². The molecule has 3 aromatic rings. The third-order valence-electron chi connectivity index (χ3n) is 6.43. The lowest BCUT2D eigenvalue weighted by molar-refractivity contribution is -0.133. The van der Waals surface area contributed by atoms with Crippen LogP contribution < -0.4 is 5.32 Å². The molecule has 0 saturated carbocycles. The van der Waals surface area contributed by atoms with E-state index in [0.29, 0.717) is 38.1 Å². The highest BCUT2D eigenvalue weighted by Gasteiger charge is 2.33. The summed E-state index contributed by atoms with van der Waals surface area (Å²) >= 11 is 0. The number of hydrogen-bond donors (Lipinski definition) is 1. The smallest absolute Gasteiger partial charge is 0.337 e. The Hall–Kier alpha value is -3.78. The molecule has 1 N–H and O–H groups in total. The molecule has 1 aromatic heterocycles. The fraction of sp³-hybridized carbons (Fsp3) is 0.379. The zero-order valence-electron chi connectivity index (χ0n) is 21.5. The SMILES string of the molecule is COC(=O)c1cccc(COC2CCN(C(=O)[C@H](CC(C)C)NC(=O)c3ccc4ccccc4n3)C2)c1. The molecule has 2 aromatic carbocycles. The largest absolute Gasteiger partial charge is 0.465 e. The maximum atomic E-state index is 13.4.